The molecule has 0 heterocycles. The third-order valence-electron chi connectivity index (χ3n) is 0.672. The molecule has 0 amide bonds. The van der Waals surface area contributed by atoms with E-state index >= 15 is 0 Å². The van der Waals surface area contributed by atoms with Crippen LogP contribution >= 0.6 is 0 Å². The molecular formula is C4H9O4S-. The molecule has 5 heteroatoms. The molecule has 0 aromatic heterocycles. The van der Waals surface area contributed by atoms with Crippen LogP contribution in [0.5, 0.6) is 0 Å². The van der Waals surface area contributed by atoms with Crippen molar-refractivity contribution in [1.82, 2.24) is 0 Å². The number of rotatable bonds is 5. The fourth-order valence-corrected chi connectivity index (χ4v) is 0.584. The van der Waals surface area contributed by atoms with Crippen molar-refractivity contribution in [3.8, 4) is 0 Å². The molecule has 0 saturated carbocycles. The standard InChI is InChI=1S/C4H10O4S/c1-7-3-2-4-8-9(5)6/h2-4H2,1H3,(H,5,6)/p-1. The first-order chi connectivity index (χ1) is 4.27. The number of ether oxygens (including phenoxy) is 1. The van der Waals surface area contributed by atoms with E-state index in [1.54, 1.807) is 7.11 Å². The molecule has 0 saturated heterocycles. The molecule has 9 heavy (non-hydrogen) atoms. The van der Waals surface area contributed by atoms with E-state index in [-0.39, 0.29) is 6.61 Å². The van der Waals surface area contributed by atoms with E-state index in [0.29, 0.717) is 13.0 Å². The second kappa shape index (κ2) is 6.15. The van der Waals surface area contributed by atoms with Gasteiger partial charge in [0.2, 0.25) is 0 Å². The molecule has 0 N–H and O–H groups in total. The van der Waals surface area contributed by atoms with Gasteiger partial charge < -0.3 is 13.5 Å². The van der Waals surface area contributed by atoms with Crippen LogP contribution in [0, 0.1) is 0 Å². The first-order valence-corrected chi connectivity index (χ1v) is 3.49. The third-order valence-corrected chi connectivity index (χ3v) is 1.03. The topological polar surface area (TPSA) is 58.6 Å². The van der Waals surface area contributed by atoms with Crippen molar-refractivity contribution >= 4 is 11.4 Å². The second-order valence-electron chi connectivity index (χ2n) is 1.37. The van der Waals surface area contributed by atoms with Crippen molar-refractivity contribution < 1.29 is 17.7 Å². The average Bonchev–Trinajstić information content (AvgIpc) is 1.80. The largest absolute Gasteiger partial charge is 0.750 e. The van der Waals surface area contributed by atoms with Crippen molar-refractivity contribution in [3.63, 3.8) is 0 Å². The summed E-state index contributed by atoms with van der Waals surface area (Å²) in [5.41, 5.74) is 0. The van der Waals surface area contributed by atoms with Gasteiger partial charge in [0.15, 0.2) is 0 Å². The maximum absolute atomic E-state index is 9.70. The molecule has 0 aromatic rings. The number of methoxy groups -OCH3 is 1. The quantitative estimate of drug-likeness (QED) is 0.406. The van der Waals surface area contributed by atoms with E-state index in [0.717, 1.165) is 0 Å². The van der Waals surface area contributed by atoms with E-state index in [2.05, 4.69) is 8.92 Å². The maximum atomic E-state index is 9.70. The summed E-state index contributed by atoms with van der Waals surface area (Å²) in [6.45, 7) is 0.723. The lowest BCUT2D eigenvalue weighted by molar-refractivity contribution is 0.172. The summed E-state index contributed by atoms with van der Waals surface area (Å²) in [5, 5.41) is 0. The Balaban J connectivity index is 2.83. The summed E-state index contributed by atoms with van der Waals surface area (Å²) < 4.78 is 28.2. The minimum absolute atomic E-state index is 0.198. The van der Waals surface area contributed by atoms with Crippen LogP contribution < -0.4 is 0 Å². The smallest absolute Gasteiger partial charge is 0.0842 e. The highest BCUT2D eigenvalue weighted by Gasteiger charge is 1.85. The summed E-state index contributed by atoms with van der Waals surface area (Å²) in [7, 11) is 1.55. The Hall–Kier alpha value is 0.0300. The maximum Gasteiger partial charge on any atom is 0.0842 e. The molecule has 0 radical (unpaired) electrons. The van der Waals surface area contributed by atoms with Crippen molar-refractivity contribution in [1.29, 1.82) is 0 Å². The molecule has 1 unspecified atom stereocenters. The molecule has 0 aromatic carbocycles. The molecule has 0 fully saturated rings. The van der Waals surface area contributed by atoms with Crippen LogP contribution in [0.25, 0.3) is 0 Å². The molecule has 0 aliphatic carbocycles. The Morgan fingerprint density at radius 2 is 2.22 bits per heavy atom. The Bertz CT molecular complexity index is 84.6. The van der Waals surface area contributed by atoms with E-state index in [4.69, 9.17) is 0 Å². The van der Waals surface area contributed by atoms with Crippen LogP contribution in [0.4, 0.5) is 0 Å². The molecule has 4 nitrogen and oxygen atoms in total. The van der Waals surface area contributed by atoms with E-state index in [9.17, 15) is 8.76 Å². The van der Waals surface area contributed by atoms with Gasteiger partial charge in [0, 0.05) is 13.7 Å². The average molecular weight is 153 g/mol. The van der Waals surface area contributed by atoms with Gasteiger partial charge in [-0.15, -0.1) is 0 Å². The van der Waals surface area contributed by atoms with E-state index in [1.807, 2.05) is 0 Å². The zero-order valence-electron chi connectivity index (χ0n) is 5.16. The van der Waals surface area contributed by atoms with E-state index < -0.39 is 11.4 Å². The number of hydrogen-bond donors (Lipinski definition) is 0. The first kappa shape index (κ1) is 9.03. The van der Waals surface area contributed by atoms with Gasteiger partial charge in [-0.2, -0.15) is 0 Å². The zero-order chi connectivity index (χ0) is 7.11. The highest BCUT2D eigenvalue weighted by Crippen LogP contribution is 1.84. The van der Waals surface area contributed by atoms with Crippen LogP contribution in [0.2, 0.25) is 0 Å². The molecule has 0 rings (SSSR count). The first-order valence-electron chi connectivity index (χ1n) is 2.49. The fraction of sp³-hybridized carbons (Fsp3) is 1.00. The Kier molecular flexibility index (Phi) is 6.18. The van der Waals surface area contributed by atoms with Gasteiger partial charge in [-0.25, -0.2) is 4.21 Å². The Labute approximate surface area is 56.6 Å². The molecule has 0 bridgehead atoms. The van der Waals surface area contributed by atoms with Gasteiger partial charge >= 0.3 is 0 Å². The molecule has 0 spiro atoms. The van der Waals surface area contributed by atoms with Crippen molar-refractivity contribution in [3.05, 3.63) is 0 Å². The predicted molar refractivity (Wildman–Crippen MR) is 31.4 cm³/mol. The monoisotopic (exact) mass is 153 g/mol. The predicted octanol–water partition coefficient (Wildman–Crippen LogP) is -0.166. The van der Waals surface area contributed by atoms with Gasteiger partial charge in [0.1, 0.15) is 0 Å². The minimum atomic E-state index is -2.37. The summed E-state index contributed by atoms with van der Waals surface area (Å²) in [6, 6.07) is 0. The number of hydrogen-bond acceptors (Lipinski definition) is 4. The SMILES string of the molecule is COCCCOS(=O)[O-]. The molecule has 0 aliphatic heterocycles. The van der Waals surface area contributed by atoms with Crippen LogP contribution in [-0.4, -0.2) is 29.1 Å². The van der Waals surface area contributed by atoms with E-state index in [1.165, 1.54) is 0 Å². The van der Waals surface area contributed by atoms with Gasteiger partial charge in [-0.3, -0.25) is 0 Å². The zero-order valence-corrected chi connectivity index (χ0v) is 5.98. The van der Waals surface area contributed by atoms with Gasteiger partial charge in [-0.1, -0.05) is 0 Å². The van der Waals surface area contributed by atoms with Crippen molar-refractivity contribution in [2.75, 3.05) is 20.3 Å². The molecular weight excluding hydrogens is 144 g/mol. The summed E-state index contributed by atoms with van der Waals surface area (Å²) >= 11 is -2.37. The summed E-state index contributed by atoms with van der Waals surface area (Å²) in [6.07, 6.45) is 0.602. The molecule has 56 valence electrons. The van der Waals surface area contributed by atoms with Gasteiger partial charge in [-0.05, 0) is 6.42 Å². The van der Waals surface area contributed by atoms with Crippen molar-refractivity contribution in [2.24, 2.45) is 0 Å². The van der Waals surface area contributed by atoms with Crippen molar-refractivity contribution in [2.45, 2.75) is 6.42 Å². The lowest BCUT2D eigenvalue weighted by Gasteiger charge is -2.03. The second-order valence-corrected chi connectivity index (χ2v) is 2.02. The Morgan fingerprint density at radius 3 is 2.67 bits per heavy atom. The van der Waals surface area contributed by atoms with Crippen LogP contribution in [-0.2, 0) is 20.3 Å². The molecule has 0 aliphatic rings. The Morgan fingerprint density at radius 1 is 1.56 bits per heavy atom. The lowest BCUT2D eigenvalue weighted by atomic mass is 10.5. The van der Waals surface area contributed by atoms with Crippen LogP contribution in [0.3, 0.4) is 0 Å². The molecule has 1 atom stereocenters. The summed E-state index contributed by atoms with van der Waals surface area (Å²) in [4.78, 5) is 0. The van der Waals surface area contributed by atoms with Crippen LogP contribution in [0.15, 0.2) is 0 Å². The highest BCUT2D eigenvalue weighted by molar-refractivity contribution is 7.74. The highest BCUT2D eigenvalue weighted by atomic mass is 32.2. The summed E-state index contributed by atoms with van der Waals surface area (Å²) in [5.74, 6) is 0. The van der Waals surface area contributed by atoms with Gasteiger partial charge in [0.05, 0.1) is 18.0 Å². The van der Waals surface area contributed by atoms with Gasteiger partial charge in [0.25, 0.3) is 0 Å². The van der Waals surface area contributed by atoms with Crippen LogP contribution in [0.1, 0.15) is 6.42 Å². The third kappa shape index (κ3) is 8.03. The minimum Gasteiger partial charge on any atom is -0.750 e. The lowest BCUT2D eigenvalue weighted by Crippen LogP contribution is -2.00. The fourth-order valence-electron chi connectivity index (χ4n) is 0.330. The normalized spacial score (nSPS) is 13.6.